The number of anilines is 2. The van der Waals surface area contributed by atoms with Crippen LogP contribution in [0.5, 0.6) is 0 Å². The molecule has 4 rings (SSSR count). The Morgan fingerprint density at radius 1 is 1.04 bits per heavy atom. The van der Waals surface area contributed by atoms with Crippen molar-refractivity contribution < 1.29 is 4.39 Å². The molecule has 1 saturated heterocycles. The average Bonchev–Trinajstić information content (AvgIpc) is 2.68. The van der Waals surface area contributed by atoms with Gasteiger partial charge in [-0.2, -0.15) is 0 Å². The summed E-state index contributed by atoms with van der Waals surface area (Å²) < 4.78 is 13.9. The number of nitrogens with one attached hydrogen (secondary N) is 1. The third-order valence-electron chi connectivity index (χ3n) is 4.84. The number of rotatable bonds is 4. The van der Waals surface area contributed by atoms with E-state index in [9.17, 15) is 4.39 Å². The van der Waals surface area contributed by atoms with E-state index >= 15 is 0 Å². The molecular weight excluding hydrogens is 329 g/mol. The molecule has 0 radical (unpaired) electrons. The quantitative estimate of drug-likeness (QED) is 0.782. The molecule has 0 amide bonds. The summed E-state index contributed by atoms with van der Waals surface area (Å²) >= 11 is 0. The SMILES string of the molecule is CN1CCN(c2ccc(CNc3ccnc4c(F)cccc34)cn2)CC1. The van der Waals surface area contributed by atoms with Crippen LogP contribution in [-0.4, -0.2) is 48.1 Å². The molecule has 3 heterocycles. The van der Waals surface area contributed by atoms with Crippen LogP contribution < -0.4 is 10.2 Å². The lowest BCUT2D eigenvalue weighted by Gasteiger charge is -2.33. The van der Waals surface area contributed by atoms with Crippen molar-refractivity contribution in [1.29, 1.82) is 0 Å². The Kier molecular flexibility index (Phi) is 4.67. The summed E-state index contributed by atoms with van der Waals surface area (Å²) in [6.45, 7) is 4.78. The zero-order valence-corrected chi connectivity index (χ0v) is 14.8. The van der Waals surface area contributed by atoms with Gasteiger partial charge >= 0.3 is 0 Å². The summed E-state index contributed by atoms with van der Waals surface area (Å²) in [6, 6.07) is 11.1. The third-order valence-corrected chi connectivity index (χ3v) is 4.84. The zero-order chi connectivity index (χ0) is 17.9. The molecule has 6 heteroatoms. The van der Waals surface area contributed by atoms with Gasteiger partial charge < -0.3 is 15.1 Å². The molecule has 0 unspecified atom stereocenters. The number of benzene rings is 1. The van der Waals surface area contributed by atoms with Crippen molar-refractivity contribution in [2.24, 2.45) is 0 Å². The molecule has 1 aromatic carbocycles. The van der Waals surface area contributed by atoms with E-state index < -0.39 is 0 Å². The third kappa shape index (κ3) is 3.46. The number of nitrogens with zero attached hydrogens (tertiary/aromatic N) is 4. The Bertz CT molecular complexity index is 888. The van der Waals surface area contributed by atoms with Crippen molar-refractivity contribution in [2.75, 3.05) is 43.4 Å². The molecule has 2 aromatic heterocycles. The summed E-state index contributed by atoms with van der Waals surface area (Å²) in [6.07, 6.45) is 3.53. The van der Waals surface area contributed by atoms with E-state index in [-0.39, 0.29) is 5.82 Å². The molecule has 1 aliphatic rings. The highest BCUT2D eigenvalue weighted by atomic mass is 19.1. The van der Waals surface area contributed by atoms with Crippen molar-refractivity contribution >= 4 is 22.4 Å². The van der Waals surface area contributed by atoms with E-state index in [1.165, 1.54) is 6.07 Å². The molecule has 0 atom stereocenters. The number of para-hydroxylation sites is 1. The highest BCUT2D eigenvalue weighted by Crippen LogP contribution is 2.24. The van der Waals surface area contributed by atoms with E-state index in [4.69, 9.17) is 0 Å². The lowest BCUT2D eigenvalue weighted by atomic mass is 10.1. The Hall–Kier alpha value is -2.73. The van der Waals surface area contributed by atoms with Crippen LogP contribution >= 0.6 is 0 Å². The van der Waals surface area contributed by atoms with Crippen LogP contribution in [0.1, 0.15) is 5.56 Å². The van der Waals surface area contributed by atoms with Crippen LogP contribution in [0.15, 0.2) is 48.8 Å². The molecule has 1 aliphatic heterocycles. The number of pyridine rings is 2. The maximum absolute atomic E-state index is 13.9. The van der Waals surface area contributed by atoms with Crippen molar-refractivity contribution in [3.63, 3.8) is 0 Å². The van der Waals surface area contributed by atoms with Gasteiger partial charge in [-0.05, 0) is 30.8 Å². The maximum atomic E-state index is 13.9. The monoisotopic (exact) mass is 351 g/mol. The van der Waals surface area contributed by atoms with Gasteiger partial charge in [0.1, 0.15) is 17.2 Å². The lowest BCUT2D eigenvalue weighted by Crippen LogP contribution is -2.44. The first kappa shape index (κ1) is 16.7. The highest BCUT2D eigenvalue weighted by Gasteiger charge is 2.15. The molecule has 0 spiro atoms. The molecule has 0 saturated carbocycles. The molecule has 0 bridgehead atoms. The standard InChI is InChI=1S/C20H22FN5/c1-25-9-11-26(12-10-25)19-6-5-15(14-24-19)13-23-18-7-8-22-20-16(18)3-2-4-17(20)21/h2-8,14H,9-13H2,1H3,(H,22,23). The fraction of sp³-hybridized carbons (Fsp3) is 0.300. The molecule has 3 aromatic rings. The number of aromatic nitrogens is 2. The Morgan fingerprint density at radius 3 is 2.65 bits per heavy atom. The minimum Gasteiger partial charge on any atom is -0.380 e. The van der Waals surface area contributed by atoms with Gasteiger partial charge in [-0.25, -0.2) is 9.37 Å². The number of fused-ring (bicyclic) bond motifs is 1. The second-order valence-electron chi connectivity index (χ2n) is 6.66. The molecule has 26 heavy (non-hydrogen) atoms. The summed E-state index contributed by atoms with van der Waals surface area (Å²) in [7, 11) is 2.15. The van der Waals surface area contributed by atoms with Gasteiger partial charge in [-0.1, -0.05) is 18.2 Å². The Labute approximate surface area is 152 Å². The van der Waals surface area contributed by atoms with Crippen LogP contribution in [0, 0.1) is 5.82 Å². The molecule has 134 valence electrons. The van der Waals surface area contributed by atoms with E-state index in [1.54, 1.807) is 12.3 Å². The van der Waals surface area contributed by atoms with Crippen LogP contribution in [0.25, 0.3) is 10.9 Å². The molecule has 0 aliphatic carbocycles. The van der Waals surface area contributed by atoms with Gasteiger partial charge in [0.05, 0.1) is 0 Å². The smallest absolute Gasteiger partial charge is 0.149 e. The zero-order valence-electron chi connectivity index (χ0n) is 14.8. The predicted molar refractivity (Wildman–Crippen MR) is 103 cm³/mol. The number of likely N-dealkylation sites (N-methyl/N-ethyl adjacent to an activating group) is 1. The van der Waals surface area contributed by atoms with E-state index in [0.717, 1.165) is 48.6 Å². The summed E-state index contributed by atoms with van der Waals surface area (Å²) in [4.78, 5) is 13.4. The van der Waals surface area contributed by atoms with Crippen LogP contribution in [0.2, 0.25) is 0 Å². The number of halogens is 1. The normalized spacial score (nSPS) is 15.4. The number of hydrogen-bond acceptors (Lipinski definition) is 5. The lowest BCUT2D eigenvalue weighted by molar-refractivity contribution is 0.312. The van der Waals surface area contributed by atoms with Crippen molar-refractivity contribution in [3.05, 3.63) is 60.2 Å². The first-order valence-electron chi connectivity index (χ1n) is 8.86. The molecular formula is C20H22FN5. The predicted octanol–water partition coefficient (Wildman–Crippen LogP) is 3.13. The van der Waals surface area contributed by atoms with Crippen molar-refractivity contribution in [1.82, 2.24) is 14.9 Å². The van der Waals surface area contributed by atoms with Gasteiger partial charge in [-0.3, -0.25) is 4.98 Å². The first-order chi connectivity index (χ1) is 12.7. The molecule has 5 nitrogen and oxygen atoms in total. The van der Waals surface area contributed by atoms with Gasteiger partial charge in [0.2, 0.25) is 0 Å². The average molecular weight is 351 g/mol. The van der Waals surface area contributed by atoms with Crippen LogP contribution in [-0.2, 0) is 6.54 Å². The Morgan fingerprint density at radius 2 is 1.88 bits per heavy atom. The Balaban J connectivity index is 1.45. The van der Waals surface area contributed by atoms with Crippen LogP contribution in [0.4, 0.5) is 15.9 Å². The highest BCUT2D eigenvalue weighted by molar-refractivity contribution is 5.91. The second-order valence-corrected chi connectivity index (χ2v) is 6.66. The minimum absolute atomic E-state index is 0.302. The van der Waals surface area contributed by atoms with E-state index in [2.05, 4.69) is 44.3 Å². The maximum Gasteiger partial charge on any atom is 0.149 e. The van der Waals surface area contributed by atoms with Crippen molar-refractivity contribution in [2.45, 2.75) is 6.54 Å². The van der Waals surface area contributed by atoms with Gasteiger partial charge in [-0.15, -0.1) is 0 Å². The molecule has 1 fully saturated rings. The topological polar surface area (TPSA) is 44.3 Å². The fourth-order valence-electron chi connectivity index (χ4n) is 3.24. The first-order valence-corrected chi connectivity index (χ1v) is 8.86. The number of hydrogen-bond donors (Lipinski definition) is 1. The van der Waals surface area contributed by atoms with E-state index in [0.29, 0.717) is 12.1 Å². The summed E-state index contributed by atoms with van der Waals surface area (Å²) in [5.41, 5.74) is 2.35. The molecule has 1 N–H and O–H groups in total. The second kappa shape index (κ2) is 7.25. The minimum atomic E-state index is -0.302. The van der Waals surface area contributed by atoms with Crippen molar-refractivity contribution in [3.8, 4) is 0 Å². The van der Waals surface area contributed by atoms with Gasteiger partial charge in [0.25, 0.3) is 0 Å². The fourth-order valence-corrected chi connectivity index (χ4v) is 3.24. The van der Waals surface area contributed by atoms with Crippen LogP contribution in [0.3, 0.4) is 0 Å². The van der Waals surface area contributed by atoms with Gasteiger partial charge in [0.15, 0.2) is 0 Å². The van der Waals surface area contributed by atoms with Gasteiger partial charge in [0, 0.05) is 56.2 Å². The summed E-state index contributed by atoms with van der Waals surface area (Å²) in [5.74, 6) is 0.725. The van der Waals surface area contributed by atoms with E-state index in [1.807, 2.05) is 18.3 Å². The largest absolute Gasteiger partial charge is 0.380 e. The number of piperazine rings is 1. The summed E-state index contributed by atoms with van der Waals surface area (Å²) in [5, 5.41) is 4.16.